The van der Waals surface area contributed by atoms with Gasteiger partial charge in [-0.05, 0) is 31.2 Å². The van der Waals surface area contributed by atoms with Gasteiger partial charge in [0, 0.05) is 30.9 Å². The van der Waals surface area contributed by atoms with Crippen LogP contribution in [0.3, 0.4) is 0 Å². The highest BCUT2D eigenvalue weighted by molar-refractivity contribution is 6.13. The van der Waals surface area contributed by atoms with E-state index in [0.717, 1.165) is 25.6 Å². The number of nitrogens with two attached hydrogens (primary N) is 1. The van der Waals surface area contributed by atoms with Crippen LogP contribution in [0.2, 0.25) is 0 Å². The lowest BCUT2D eigenvalue weighted by Crippen LogP contribution is -2.25. The van der Waals surface area contributed by atoms with Crippen LogP contribution in [0.1, 0.15) is 30.2 Å². The summed E-state index contributed by atoms with van der Waals surface area (Å²) in [6.45, 7) is 4.49. The first-order valence-electron chi connectivity index (χ1n) is 8.56. The Morgan fingerprint density at radius 2 is 2.15 bits per heavy atom. The number of nitrogen functional groups attached to an aromatic ring is 1. The summed E-state index contributed by atoms with van der Waals surface area (Å²) in [5.41, 5.74) is 3.83. The maximum atomic E-state index is 13.4. The number of likely N-dealkylation sites (N-methyl/N-ethyl adjacent to an activating group) is 1. The maximum absolute atomic E-state index is 13.4. The van der Waals surface area contributed by atoms with E-state index in [9.17, 15) is 13.2 Å². The number of rotatable bonds is 5. The van der Waals surface area contributed by atoms with Crippen LogP contribution in [0, 0.1) is 5.41 Å². The molecule has 1 unspecified atom stereocenters. The highest BCUT2D eigenvalue weighted by atomic mass is 19.4. The van der Waals surface area contributed by atoms with Crippen LogP contribution in [0.15, 0.2) is 30.5 Å². The van der Waals surface area contributed by atoms with E-state index in [2.05, 4.69) is 14.9 Å². The molecule has 0 aromatic carbocycles. The van der Waals surface area contributed by atoms with Crippen LogP contribution >= 0.6 is 0 Å². The number of hydrogen-bond acceptors (Lipinski definition) is 6. The summed E-state index contributed by atoms with van der Waals surface area (Å²) in [5.74, 6) is 0.0336. The molecule has 27 heavy (non-hydrogen) atoms. The molecule has 2 aromatic rings. The smallest absolute Gasteiger partial charge is 0.418 e. The van der Waals surface area contributed by atoms with E-state index in [1.54, 1.807) is 0 Å². The van der Waals surface area contributed by atoms with Gasteiger partial charge in [-0.3, -0.25) is 10.3 Å². The maximum Gasteiger partial charge on any atom is 0.418 e. The number of likely N-dealkylation sites (tertiary alicyclic amines) is 1. The lowest BCUT2D eigenvalue weighted by atomic mass is 10.0. The molecule has 1 atom stereocenters. The van der Waals surface area contributed by atoms with Crippen molar-refractivity contribution in [3.8, 4) is 5.88 Å². The largest absolute Gasteiger partial charge is 0.473 e. The monoisotopic (exact) mass is 379 g/mol. The zero-order valence-corrected chi connectivity index (χ0v) is 14.8. The van der Waals surface area contributed by atoms with Crippen LogP contribution in [0.25, 0.3) is 0 Å². The summed E-state index contributed by atoms with van der Waals surface area (Å²) in [7, 11) is 0. The van der Waals surface area contributed by atoms with E-state index in [0.29, 0.717) is 6.54 Å². The molecule has 0 amide bonds. The highest BCUT2D eigenvalue weighted by Gasteiger charge is 2.36. The third kappa shape index (κ3) is 4.19. The van der Waals surface area contributed by atoms with Gasteiger partial charge in [-0.15, -0.1) is 0 Å². The first kappa shape index (κ1) is 19.1. The van der Waals surface area contributed by atoms with Gasteiger partial charge in [0.25, 0.3) is 0 Å². The first-order chi connectivity index (χ1) is 12.8. The van der Waals surface area contributed by atoms with Gasteiger partial charge in [0.1, 0.15) is 17.6 Å². The molecule has 0 radical (unpaired) electrons. The van der Waals surface area contributed by atoms with Gasteiger partial charge in [-0.25, -0.2) is 9.97 Å². The topological polar surface area (TPSA) is 88.1 Å². The van der Waals surface area contributed by atoms with E-state index in [-0.39, 0.29) is 23.4 Å². The van der Waals surface area contributed by atoms with Crippen molar-refractivity contribution in [1.29, 1.82) is 5.41 Å². The number of halogens is 3. The molecular weight excluding hydrogens is 359 g/mol. The number of hydrogen-bond donors (Lipinski definition) is 2. The van der Waals surface area contributed by atoms with Crippen LogP contribution < -0.4 is 10.5 Å². The quantitative estimate of drug-likeness (QED) is 0.780. The Bertz CT molecular complexity index is 840. The zero-order chi connectivity index (χ0) is 19.6. The van der Waals surface area contributed by atoms with Crippen LogP contribution in [0.4, 0.5) is 19.0 Å². The van der Waals surface area contributed by atoms with Crippen molar-refractivity contribution in [2.75, 3.05) is 25.4 Å². The molecule has 0 bridgehead atoms. The Morgan fingerprint density at radius 3 is 2.78 bits per heavy atom. The average molecular weight is 379 g/mol. The van der Waals surface area contributed by atoms with Crippen molar-refractivity contribution in [2.24, 2.45) is 0 Å². The summed E-state index contributed by atoms with van der Waals surface area (Å²) < 4.78 is 46.1. The molecule has 9 heteroatoms. The third-order valence-corrected chi connectivity index (χ3v) is 4.48. The molecule has 1 saturated heterocycles. The lowest BCUT2D eigenvalue weighted by Gasteiger charge is -2.18. The lowest BCUT2D eigenvalue weighted by molar-refractivity contribution is -0.138. The molecule has 0 aliphatic carbocycles. The number of aromatic nitrogens is 2. The van der Waals surface area contributed by atoms with Crippen molar-refractivity contribution >= 4 is 11.5 Å². The van der Waals surface area contributed by atoms with Gasteiger partial charge >= 0.3 is 6.18 Å². The molecule has 2 aromatic heterocycles. The molecule has 3 rings (SSSR count). The predicted molar refractivity (Wildman–Crippen MR) is 95.0 cm³/mol. The molecule has 1 fully saturated rings. The Balaban J connectivity index is 1.95. The molecule has 144 valence electrons. The van der Waals surface area contributed by atoms with Gasteiger partial charge in [-0.1, -0.05) is 6.92 Å². The van der Waals surface area contributed by atoms with Crippen LogP contribution in [-0.4, -0.2) is 46.3 Å². The van der Waals surface area contributed by atoms with Crippen LogP contribution in [-0.2, 0) is 6.18 Å². The van der Waals surface area contributed by atoms with E-state index < -0.39 is 23.1 Å². The van der Waals surface area contributed by atoms with Crippen molar-refractivity contribution in [2.45, 2.75) is 25.6 Å². The second-order valence-electron chi connectivity index (χ2n) is 6.28. The minimum atomic E-state index is -4.66. The Kier molecular flexibility index (Phi) is 5.31. The van der Waals surface area contributed by atoms with Gasteiger partial charge < -0.3 is 10.5 Å². The minimum Gasteiger partial charge on any atom is -0.473 e. The second kappa shape index (κ2) is 7.51. The fourth-order valence-electron chi connectivity index (χ4n) is 3.03. The number of ether oxygens (including phenoxy) is 1. The summed E-state index contributed by atoms with van der Waals surface area (Å²) in [5, 5.41) is 8.23. The van der Waals surface area contributed by atoms with E-state index in [1.165, 1.54) is 24.4 Å². The van der Waals surface area contributed by atoms with Crippen molar-refractivity contribution in [3.63, 3.8) is 0 Å². The fourth-order valence-corrected chi connectivity index (χ4v) is 3.03. The molecule has 1 aliphatic heterocycles. The molecule has 3 N–H and O–H groups in total. The molecule has 3 heterocycles. The van der Waals surface area contributed by atoms with E-state index in [4.69, 9.17) is 15.9 Å². The Labute approximate surface area is 154 Å². The van der Waals surface area contributed by atoms with E-state index in [1.807, 2.05) is 6.92 Å². The summed E-state index contributed by atoms with van der Waals surface area (Å²) in [6, 6.07) is 5.04. The van der Waals surface area contributed by atoms with Gasteiger partial charge in [0.15, 0.2) is 0 Å². The standard InChI is InChI=1S/C18H20F3N5O/c1-2-26-9-7-11(10-26)27-14-6-5-13(18(19,20)21)16(25-14)15(22)12-4-3-8-24-17(12)23/h3-6,8,11,22H,2,7,9-10H2,1H3,(H2,23,24). The van der Waals surface area contributed by atoms with E-state index >= 15 is 0 Å². The summed E-state index contributed by atoms with van der Waals surface area (Å²) in [4.78, 5) is 10.0. The summed E-state index contributed by atoms with van der Waals surface area (Å²) >= 11 is 0. The van der Waals surface area contributed by atoms with Crippen LogP contribution in [0.5, 0.6) is 5.88 Å². The molecule has 6 nitrogen and oxygen atoms in total. The molecule has 0 spiro atoms. The Hall–Kier alpha value is -2.68. The summed E-state index contributed by atoms with van der Waals surface area (Å²) in [6.07, 6.45) is -2.61. The zero-order valence-electron chi connectivity index (χ0n) is 14.8. The third-order valence-electron chi connectivity index (χ3n) is 4.48. The molecule has 1 aliphatic rings. The van der Waals surface area contributed by atoms with Crippen molar-refractivity contribution < 1.29 is 17.9 Å². The number of nitrogens with zero attached hydrogens (tertiary/aromatic N) is 3. The molecule has 0 saturated carbocycles. The normalized spacial score (nSPS) is 17.9. The number of pyridine rings is 2. The Morgan fingerprint density at radius 1 is 1.37 bits per heavy atom. The number of alkyl halides is 3. The van der Waals surface area contributed by atoms with Gasteiger partial charge in [0.2, 0.25) is 5.88 Å². The van der Waals surface area contributed by atoms with Crippen molar-refractivity contribution in [1.82, 2.24) is 14.9 Å². The van der Waals surface area contributed by atoms with Crippen molar-refractivity contribution in [3.05, 3.63) is 47.3 Å². The second-order valence-corrected chi connectivity index (χ2v) is 6.28. The first-order valence-corrected chi connectivity index (χ1v) is 8.56. The molecular formula is C18H20F3N5O. The highest BCUT2D eigenvalue weighted by Crippen LogP contribution is 2.34. The van der Waals surface area contributed by atoms with Gasteiger partial charge in [0.05, 0.1) is 11.3 Å². The number of anilines is 1. The minimum absolute atomic E-state index is 0.0295. The average Bonchev–Trinajstić information content (AvgIpc) is 3.08. The number of nitrogens with one attached hydrogen (secondary N) is 1. The predicted octanol–water partition coefficient (Wildman–Crippen LogP) is 2.97. The SMILES string of the molecule is CCN1CCC(Oc2ccc(C(F)(F)F)c(C(=N)c3cccnc3N)n2)C1. The fraction of sp³-hybridized carbons (Fsp3) is 0.389. The van der Waals surface area contributed by atoms with Gasteiger partial charge in [-0.2, -0.15) is 13.2 Å².